The zero-order valence-corrected chi connectivity index (χ0v) is 13.5. The molecule has 4 rings (SSSR count). The molecule has 0 saturated heterocycles. The van der Waals surface area contributed by atoms with E-state index in [0.29, 0.717) is 33.0 Å². The molecule has 2 aromatic carbocycles. The van der Waals surface area contributed by atoms with Gasteiger partial charge in [-0.1, -0.05) is 29.8 Å². The molecule has 2 aromatic heterocycles. The minimum absolute atomic E-state index is 0.553. The number of hydrogen-bond donors (Lipinski definition) is 1. The van der Waals surface area contributed by atoms with Crippen LogP contribution in [0.3, 0.4) is 0 Å². The molecule has 0 aliphatic heterocycles. The normalized spacial score (nSPS) is 11.4. The van der Waals surface area contributed by atoms with Crippen LogP contribution in [0.5, 0.6) is 5.75 Å². The third kappa shape index (κ3) is 1.99. The van der Waals surface area contributed by atoms with Crippen molar-refractivity contribution in [2.24, 2.45) is 0 Å². The topological polar surface area (TPSA) is 61.0 Å². The number of methoxy groups -OCH3 is 1. The standard InChI is InChI=1S/C18H14ClN3O/c1-9-4-3-5-10-8-11-15(20)14-12(19)6-7-13(23-2)17(14)22-18(11)21-16(9)10/h3-8H,1-2H3,(H2,20,21,22). The van der Waals surface area contributed by atoms with Gasteiger partial charge >= 0.3 is 0 Å². The van der Waals surface area contributed by atoms with Crippen molar-refractivity contribution in [3.63, 3.8) is 0 Å². The summed E-state index contributed by atoms with van der Waals surface area (Å²) in [5, 5.41) is 3.08. The van der Waals surface area contributed by atoms with E-state index in [1.807, 2.05) is 31.2 Å². The molecule has 0 atom stereocenters. The summed E-state index contributed by atoms with van der Waals surface area (Å²) in [4.78, 5) is 9.36. The summed E-state index contributed by atoms with van der Waals surface area (Å²) in [6, 6.07) is 11.6. The molecule has 0 aliphatic carbocycles. The first kappa shape index (κ1) is 14.0. The Morgan fingerprint density at radius 3 is 2.65 bits per heavy atom. The second-order valence-corrected chi connectivity index (χ2v) is 5.91. The molecule has 0 aliphatic rings. The maximum Gasteiger partial charge on any atom is 0.162 e. The Balaban J connectivity index is 2.25. The predicted molar refractivity (Wildman–Crippen MR) is 95.3 cm³/mol. The van der Waals surface area contributed by atoms with Crippen molar-refractivity contribution in [3.8, 4) is 5.75 Å². The van der Waals surface area contributed by atoms with Gasteiger partial charge in [0.1, 0.15) is 11.3 Å². The number of fused-ring (bicyclic) bond motifs is 3. The molecular formula is C18H14ClN3O. The molecule has 5 heteroatoms. The molecule has 0 bridgehead atoms. The SMILES string of the molecule is COc1ccc(Cl)c2c(N)c3cc4cccc(C)c4nc3nc12. The van der Waals surface area contributed by atoms with Gasteiger partial charge in [0.05, 0.1) is 23.3 Å². The molecule has 0 fully saturated rings. The molecule has 0 amide bonds. The minimum Gasteiger partial charge on any atom is -0.494 e. The van der Waals surface area contributed by atoms with Gasteiger partial charge < -0.3 is 10.5 Å². The number of ether oxygens (including phenoxy) is 1. The number of para-hydroxylation sites is 1. The van der Waals surface area contributed by atoms with Gasteiger partial charge in [-0.05, 0) is 30.7 Å². The number of pyridine rings is 2. The highest BCUT2D eigenvalue weighted by Crippen LogP contribution is 2.38. The fourth-order valence-corrected chi connectivity index (χ4v) is 3.19. The van der Waals surface area contributed by atoms with Crippen molar-refractivity contribution >= 4 is 50.1 Å². The number of aromatic nitrogens is 2. The predicted octanol–water partition coefficient (Wildman–Crippen LogP) is 4.49. The first-order chi connectivity index (χ1) is 11.1. The third-order valence-electron chi connectivity index (χ3n) is 4.11. The Morgan fingerprint density at radius 2 is 1.87 bits per heavy atom. The van der Waals surface area contributed by atoms with E-state index < -0.39 is 0 Å². The second kappa shape index (κ2) is 4.96. The van der Waals surface area contributed by atoms with Crippen LogP contribution in [-0.4, -0.2) is 17.1 Å². The lowest BCUT2D eigenvalue weighted by atomic mass is 10.1. The Labute approximate surface area is 137 Å². The number of nitrogens with two attached hydrogens (primary N) is 1. The van der Waals surface area contributed by atoms with Crippen LogP contribution in [0.15, 0.2) is 36.4 Å². The summed E-state index contributed by atoms with van der Waals surface area (Å²) < 4.78 is 5.39. The minimum atomic E-state index is 0.553. The van der Waals surface area contributed by atoms with Crippen LogP contribution in [0.2, 0.25) is 5.02 Å². The van der Waals surface area contributed by atoms with Crippen LogP contribution < -0.4 is 10.5 Å². The van der Waals surface area contributed by atoms with E-state index in [4.69, 9.17) is 27.1 Å². The van der Waals surface area contributed by atoms with E-state index in [-0.39, 0.29) is 0 Å². The van der Waals surface area contributed by atoms with Crippen LogP contribution in [0.4, 0.5) is 5.69 Å². The largest absolute Gasteiger partial charge is 0.494 e. The third-order valence-corrected chi connectivity index (χ3v) is 4.43. The van der Waals surface area contributed by atoms with Crippen LogP contribution in [-0.2, 0) is 0 Å². The average Bonchev–Trinajstić information content (AvgIpc) is 2.55. The highest BCUT2D eigenvalue weighted by Gasteiger charge is 2.15. The van der Waals surface area contributed by atoms with Crippen molar-refractivity contribution in [2.75, 3.05) is 12.8 Å². The summed E-state index contributed by atoms with van der Waals surface area (Å²) in [5.41, 5.74) is 10.2. The monoisotopic (exact) mass is 323 g/mol. The van der Waals surface area contributed by atoms with E-state index in [1.165, 1.54) is 0 Å². The summed E-state index contributed by atoms with van der Waals surface area (Å²) in [6.45, 7) is 2.03. The lowest BCUT2D eigenvalue weighted by molar-refractivity contribution is 0.419. The Kier molecular flexibility index (Phi) is 3.03. The molecular weight excluding hydrogens is 310 g/mol. The highest BCUT2D eigenvalue weighted by atomic mass is 35.5. The summed E-state index contributed by atoms with van der Waals surface area (Å²) in [7, 11) is 1.60. The van der Waals surface area contributed by atoms with Gasteiger partial charge in [0, 0.05) is 16.2 Å². The van der Waals surface area contributed by atoms with Crippen molar-refractivity contribution in [3.05, 3.63) is 47.0 Å². The van der Waals surface area contributed by atoms with Crippen molar-refractivity contribution in [2.45, 2.75) is 6.92 Å². The quantitative estimate of drug-likeness (QED) is 0.524. The maximum absolute atomic E-state index is 6.39. The summed E-state index contributed by atoms with van der Waals surface area (Å²) >= 11 is 6.34. The van der Waals surface area contributed by atoms with E-state index in [2.05, 4.69) is 4.98 Å². The number of benzene rings is 2. The summed E-state index contributed by atoms with van der Waals surface area (Å²) in [6.07, 6.45) is 0. The number of aryl methyl sites for hydroxylation is 1. The molecule has 23 heavy (non-hydrogen) atoms. The van der Waals surface area contributed by atoms with Crippen molar-refractivity contribution in [1.82, 2.24) is 9.97 Å². The van der Waals surface area contributed by atoms with Gasteiger partial charge in [-0.25, -0.2) is 9.97 Å². The lowest BCUT2D eigenvalue weighted by Crippen LogP contribution is -1.98. The molecule has 2 N–H and O–H groups in total. The van der Waals surface area contributed by atoms with Crippen LogP contribution >= 0.6 is 11.6 Å². The number of nitrogen functional groups attached to an aromatic ring is 1. The molecule has 2 heterocycles. The van der Waals surface area contributed by atoms with Gasteiger partial charge in [0.15, 0.2) is 5.65 Å². The van der Waals surface area contributed by atoms with Gasteiger partial charge in [0.25, 0.3) is 0 Å². The number of anilines is 1. The highest BCUT2D eigenvalue weighted by molar-refractivity contribution is 6.37. The van der Waals surface area contributed by atoms with Crippen molar-refractivity contribution < 1.29 is 4.74 Å². The van der Waals surface area contributed by atoms with Crippen LogP contribution in [0, 0.1) is 6.92 Å². The number of halogens is 1. The Morgan fingerprint density at radius 1 is 1.09 bits per heavy atom. The van der Waals surface area contributed by atoms with Gasteiger partial charge in [-0.2, -0.15) is 0 Å². The number of nitrogens with zero attached hydrogens (tertiary/aromatic N) is 2. The molecule has 0 radical (unpaired) electrons. The van der Waals surface area contributed by atoms with E-state index in [9.17, 15) is 0 Å². The fraction of sp³-hybridized carbons (Fsp3) is 0.111. The van der Waals surface area contributed by atoms with Crippen LogP contribution in [0.25, 0.3) is 32.8 Å². The Bertz CT molecular complexity index is 1090. The number of rotatable bonds is 1. The first-order valence-corrected chi connectivity index (χ1v) is 7.59. The zero-order valence-electron chi connectivity index (χ0n) is 12.7. The second-order valence-electron chi connectivity index (χ2n) is 5.50. The molecule has 114 valence electrons. The first-order valence-electron chi connectivity index (χ1n) is 7.22. The van der Waals surface area contributed by atoms with E-state index in [1.54, 1.807) is 19.2 Å². The molecule has 0 spiro atoms. The molecule has 0 unspecified atom stereocenters. The Hall–Kier alpha value is -2.59. The average molecular weight is 324 g/mol. The fourth-order valence-electron chi connectivity index (χ4n) is 2.94. The van der Waals surface area contributed by atoms with Gasteiger partial charge in [-0.3, -0.25) is 0 Å². The molecule has 0 saturated carbocycles. The summed E-state index contributed by atoms with van der Waals surface area (Å²) in [5.74, 6) is 0.629. The van der Waals surface area contributed by atoms with Gasteiger partial charge in [0.2, 0.25) is 0 Å². The van der Waals surface area contributed by atoms with E-state index in [0.717, 1.165) is 21.9 Å². The maximum atomic E-state index is 6.39. The van der Waals surface area contributed by atoms with E-state index >= 15 is 0 Å². The van der Waals surface area contributed by atoms with Gasteiger partial charge in [-0.15, -0.1) is 0 Å². The molecule has 4 nitrogen and oxygen atoms in total. The smallest absolute Gasteiger partial charge is 0.162 e. The van der Waals surface area contributed by atoms with Crippen molar-refractivity contribution in [1.29, 1.82) is 0 Å². The lowest BCUT2D eigenvalue weighted by Gasteiger charge is -2.12. The zero-order chi connectivity index (χ0) is 16.1. The van der Waals surface area contributed by atoms with Crippen LogP contribution in [0.1, 0.15) is 5.56 Å². The molecule has 4 aromatic rings. The number of hydrogen-bond acceptors (Lipinski definition) is 4.